The van der Waals surface area contributed by atoms with Gasteiger partial charge in [-0.1, -0.05) is 17.7 Å². The van der Waals surface area contributed by atoms with Crippen molar-refractivity contribution in [2.45, 2.75) is 27.7 Å². The number of hydroxylamine groups is 2. The van der Waals surface area contributed by atoms with Crippen LogP contribution in [0.15, 0.2) is 36.1 Å². The molecule has 1 aliphatic heterocycles. The highest BCUT2D eigenvalue weighted by Gasteiger charge is 2.32. The molecule has 0 amide bonds. The van der Waals surface area contributed by atoms with Crippen molar-refractivity contribution in [3.8, 4) is 0 Å². The number of hydrogen-bond acceptors (Lipinski definition) is 2. The van der Waals surface area contributed by atoms with Crippen LogP contribution >= 0.6 is 0 Å². The van der Waals surface area contributed by atoms with E-state index in [1.807, 2.05) is 32.9 Å². The van der Waals surface area contributed by atoms with Gasteiger partial charge in [-0.2, -0.15) is 0 Å². The van der Waals surface area contributed by atoms with Gasteiger partial charge in [-0.15, -0.1) is 0 Å². The van der Waals surface area contributed by atoms with Gasteiger partial charge in [0.15, 0.2) is 11.3 Å². The summed E-state index contributed by atoms with van der Waals surface area (Å²) in [6.45, 7) is 7.64. The second kappa shape index (κ2) is 4.89. The third kappa shape index (κ3) is 2.23. The Labute approximate surface area is 117 Å². The lowest BCUT2D eigenvalue weighted by Gasteiger charge is -2.41. The average Bonchev–Trinajstić information content (AvgIpc) is 2.27. The first kappa shape index (κ1) is 13.9. The van der Waals surface area contributed by atoms with Gasteiger partial charge in [0, 0.05) is 16.7 Å². The second-order valence-electron chi connectivity index (χ2n) is 4.98. The van der Waals surface area contributed by atoms with Gasteiger partial charge in [-0.05, 0) is 39.8 Å². The monoisotopic (exact) mass is 275 g/mol. The zero-order valence-corrected chi connectivity index (χ0v) is 12.4. The molecule has 0 saturated carbocycles. The highest BCUT2D eigenvalue weighted by atomic mass is 32.1. The number of rotatable bonds is 1. The van der Waals surface area contributed by atoms with E-state index in [9.17, 15) is 9.42 Å². The molecule has 0 N–H and O–H groups in total. The first-order valence-electron chi connectivity index (χ1n) is 6.12. The molecule has 1 aliphatic rings. The first-order chi connectivity index (χ1) is 8.90. The smallest absolute Gasteiger partial charge is 0.239 e. The summed E-state index contributed by atoms with van der Waals surface area (Å²) in [6, 6.07) is 3.96. The van der Waals surface area contributed by atoms with E-state index in [0.29, 0.717) is 5.69 Å². The predicted molar refractivity (Wildman–Crippen MR) is 81.9 cm³/mol. The quantitative estimate of drug-likeness (QED) is 0.448. The fourth-order valence-electron chi connectivity index (χ4n) is 2.70. The highest BCUT2D eigenvalue weighted by molar-refractivity contribution is 7.67. The molecule has 19 heavy (non-hydrogen) atoms. The van der Waals surface area contributed by atoms with Crippen LogP contribution in [0.4, 0.5) is 5.69 Å². The van der Waals surface area contributed by atoms with Gasteiger partial charge in [-0.3, -0.25) is 4.65 Å². The third-order valence-corrected chi connectivity index (χ3v) is 4.08. The normalized spacial score (nSPS) is 22.4. The minimum atomic E-state index is -0.783. The summed E-state index contributed by atoms with van der Waals surface area (Å²) in [5, 5.41) is 13.2. The number of nitrogens with zero attached hydrogens (tertiary/aromatic N) is 1. The maximum Gasteiger partial charge on any atom is 0.239 e. The summed E-state index contributed by atoms with van der Waals surface area (Å²) in [6.07, 6.45) is 5.05. The topological polar surface area (TPSA) is 40.1 Å². The molecule has 1 aromatic rings. The van der Waals surface area contributed by atoms with E-state index in [2.05, 4.69) is 0 Å². The Morgan fingerprint density at radius 3 is 2.21 bits per heavy atom. The average molecular weight is 275 g/mol. The minimum Gasteiger partial charge on any atom is -0.616 e. The lowest BCUT2D eigenvalue weighted by Crippen LogP contribution is -2.46. The summed E-state index contributed by atoms with van der Waals surface area (Å²) in [4.78, 5) is 0.289. The summed E-state index contributed by atoms with van der Waals surface area (Å²) in [5.74, 6) is 0. The second-order valence-corrected chi connectivity index (χ2v) is 5.54. The van der Waals surface area contributed by atoms with Crippen LogP contribution in [0.25, 0.3) is 0 Å². The van der Waals surface area contributed by atoms with Crippen molar-refractivity contribution < 1.29 is 4.21 Å². The number of aryl methyl sites for hydroxylation is 3. The molecule has 4 heteroatoms. The van der Waals surface area contributed by atoms with Gasteiger partial charge < -0.3 is 5.21 Å². The van der Waals surface area contributed by atoms with Crippen LogP contribution in [0.5, 0.6) is 0 Å². The molecule has 0 aliphatic carbocycles. The number of benzene rings is 1. The molecule has 0 fully saturated rings. The van der Waals surface area contributed by atoms with Gasteiger partial charge in [0.2, 0.25) is 4.99 Å². The van der Waals surface area contributed by atoms with Crippen LogP contribution in [0.2, 0.25) is 0 Å². The number of hydrogen-bond donors (Lipinski definition) is 0. The standard InChI is InChI=1S/C15H17NO2S/c1-10-8-12(3)14(13(4)9-10)16(17)7-5-6-11(2)15(16)19-18/h5-9H,1-4H3. The maximum absolute atomic E-state index is 13.2. The van der Waals surface area contributed by atoms with Gasteiger partial charge in [-0.25, -0.2) is 4.21 Å². The van der Waals surface area contributed by atoms with E-state index in [-0.39, 0.29) is 16.2 Å². The maximum atomic E-state index is 13.2. The van der Waals surface area contributed by atoms with E-state index in [4.69, 9.17) is 0 Å². The Bertz CT molecular complexity index is 631. The van der Waals surface area contributed by atoms with Crippen LogP contribution in [0.1, 0.15) is 23.6 Å². The molecule has 2 rings (SSSR count). The Kier molecular flexibility index (Phi) is 3.58. The van der Waals surface area contributed by atoms with Crippen LogP contribution in [0, 0.1) is 26.0 Å². The van der Waals surface area contributed by atoms with Crippen molar-refractivity contribution in [3.63, 3.8) is 0 Å². The summed E-state index contributed by atoms with van der Waals surface area (Å²) < 4.78 is 10.6. The zero-order valence-electron chi connectivity index (χ0n) is 11.6. The molecular formula is C15H17NO2S. The zero-order chi connectivity index (χ0) is 14.2. The number of allylic oxidation sites excluding steroid dienone is 2. The molecule has 0 saturated heterocycles. The molecular weight excluding hydrogens is 258 g/mol. The fourth-order valence-corrected chi connectivity index (χ4v) is 3.17. The van der Waals surface area contributed by atoms with Crippen molar-refractivity contribution in [1.82, 2.24) is 4.65 Å². The molecule has 0 radical (unpaired) electrons. The summed E-state index contributed by atoms with van der Waals surface area (Å²) >= 11 is 0.284. The van der Waals surface area contributed by atoms with Crippen LogP contribution in [-0.4, -0.2) is 9.20 Å². The molecule has 0 spiro atoms. The van der Waals surface area contributed by atoms with Gasteiger partial charge in [0.05, 0.1) is 0 Å². The summed E-state index contributed by atoms with van der Waals surface area (Å²) in [7, 11) is 0. The first-order valence-corrected chi connectivity index (χ1v) is 6.86. The molecule has 0 bridgehead atoms. The van der Waals surface area contributed by atoms with Gasteiger partial charge in [0.25, 0.3) is 0 Å². The highest BCUT2D eigenvalue weighted by Crippen LogP contribution is 2.35. The van der Waals surface area contributed by atoms with Crippen molar-refractivity contribution in [1.29, 1.82) is 0 Å². The molecule has 3 nitrogen and oxygen atoms in total. The van der Waals surface area contributed by atoms with Gasteiger partial charge >= 0.3 is 0 Å². The van der Waals surface area contributed by atoms with Crippen LogP contribution in [0.3, 0.4) is 0 Å². The van der Waals surface area contributed by atoms with Crippen molar-refractivity contribution in [3.05, 3.63) is 58.0 Å². The van der Waals surface area contributed by atoms with Crippen LogP contribution in [-0.2, 0) is 11.3 Å². The van der Waals surface area contributed by atoms with E-state index in [1.165, 1.54) is 6.20 Å². The molecule has 1 atom stereocenters. The molecule has 0 aromatic heterocycles. The predicted octanol–water partition coefficient (Wildman–Crippen LogP) is 3.23. The van der Waals surface area contributed by atoms with Crippen molar-refractivity contribution in [2.24, 2.45) is 0 Å². The lowest BCUT2D eigenvalue weighted by molar-refractivity contribution is 0.692. The number of quaternary nitrogens is 1. The van der Waals surface area contributed by atoms with E-state index in [0.717, 1.165) is 22.3 Å². The van der Waals surface area contributed by atoms with Crippen molar-refractivity contribution in [2.75, 3.05) is 0 Å². The molecule has 1 heterocycles. The van der Waals surface area contributed by atoms with E-state index < -0.39 is 4.65 Å². The third-order valence-electron chi connectivity index (χ3n) is 3.33. The Morgan fingerprint density at radius 1 is 1.11 bits per heavy atom. The minimum absolute atomic E-state index is 0.284. The van der Waals surface area contributed by atoms with E-state index in [1.54, 1.807) is 19.1 Å². The SMILES string of the molecule is CC1=CC=C[N+]([O-])(c2c(C)cc(C)cc2C)C1=S=O. The largest absolute Gasteiger partial charge is 0.616 e. The fraction of sp³-hybridized carbons (Fsp3) is 0.267. The summed E-state index contributed by atoms with van der Waals surface area (Å²) in [5.41, 5.74) is 4.33. The van der Waals surface area contributed by atoms with E-state index >= 15 is 0 Å². The van der Waals surface area contributed by atoms with Crippen molar-refractivity contribution >= 4 is 21.9 Å². The van der Waals surface area contributed by atoms with Crippen LogP contribution < -0.4 is 4.65 Å². The Morgan fingerprint density at radius 2 is 1.68 bits per heavy atom. The Hall–Kier alpha value is -1.49. The molecule has 100 valence electrons. The molecule has 1 aromatic carbocycles. The molecule has 1 unspecified atom stereocenters. The lowest BCUT2D eigenvalue weighted by atomic mass is 10.0. The Balaban J connectivity index is 2.74. The van der Waals surface area contributed by atoms with Gasteiger partial charge in [0.1, 0.15) is 11.9 Å².